The first-order valence-corrected chi connectivity index (χ1v) is 5.86. The average Bonchev–Trinajstić information content (AvgIpc) is 2.78. The van der Waals surface area contributed by atoms with Crippen molar-refractivity contribution in [2.24, 2.45) is 0 Å². The van der Waals surface area contributed by atoms with Crippen LogP contribution in [0.25, 0.3) is 10.6 Å². The van der Waals surface area contributed by atoms with Gasteiger partial charge in [0.05, 0.1) is 18.9 Å². The summed E-state index contributed by atoms with van der Waals surface area (Å²) in [6.45, 7) is 1.71. The van der Waals surface area contributed by atoms with Crippen molar-refractivity contribution in [1.82, 2.24) is 4.98 Å². The molecule has 2 aromatic rings. The van der Waals surface area contributed by atoms with Gasteiger partial charge in [0.2, 0.25) is 0 Å². The van der Waals surface area contributed by atoms with Crippen molar-refractivity contribution in [2.45, 2.75) is 13.0 Å². The molecule has 0 radical (unpaired) electrons. The van der Waals surface area contributed by atoms with Gasteiger partial charge in [-0.15, -0.1) is 11.3 Å². The van der Waals surface area contributed by atoms with Gasteiger partial charge in [-0.3, -0.25) is 0 Å². The number of ether oxygens (including phenoxy) is 1. The molecular weight excluding hydrogens is 222 g/mol. The van der Waals surface area contributed by atoms with E-state index in [4.69, 9.17) is 4.74 Å². The molecule has 0 bridgehead atoms. The summed E-state index contributed by atoms with van der Waals surface area (Å²) < 4.78 is 5.16. The van der Waals surface area contributed by atoms with E-state index in [1.54, 1.807) is 14.0 Å². The predicted octanol–water partition coefficient (Wildman–Crippen LogP) is 2.87. The molecule has 0 aliphatic rings. The van der Waals surface area contributed by atoms with Gasteiger partial charge in [0, 0.05) is 10.9 Å². The normalized spacial score (nSPS) is 12.4. The molecule has 1 N–H and O–H groups in total. The number of aromatic nitrogens is 1. The fourth-order valence-electron chi connectivity index (χ4n) is 1.37. The molecule has 0 fully saturated rings. The number of rotatable bonds is 3. The lowest BCUT2D eigenvalue weighted by Gasteiger charge is -2.01. The molecular formula is C12H13NO2S. The Hall–Kier alpha value is -1.39. The lowest BCUT2D eigenvalue weighted by molar-refractivity contribution is 0.195. The highest BCUT2D eigenvalue weighted by molar-refractivity contribution is 7.13. The van der Waals surface area contributed by atoms with E-state index < -0.39 is 6.10 Å². The highest BCUT2D eigenvalue weighted by Gasteiger charge is 2.08. The Morgan fingerprint density at radius 1 is 1.44 bits per heavy atom. The quantitative estimate of drug-likeness (QED) is 0.889. The number of aliphatic hydroxyl groups excluding tert-OH is 1. The number of thiazole rings is 1. The molecule has 1 atom stereocenters. The summed E-state index contributed by atoms with van der Waals surface area (Å²) >= 11 is 1.52. The van der Waals surface area contributed by atoms with Gasteiger partial charge in [0.15, 0.2) is 0 Å². The average molecular weight is 235 g/mol. The molecule has 0 aliphatic heterocycles. The molecule has 1 unspecified atom stereocenters. The first-order chi connectivity index (χ1) is 7.70. The summed E-state index contributed by atoms with van der Waals surface area (Å²) in [7, 11) is 1.64. The van der Waals surface area contributed by atoms with Crippen LogP contribution >= 0.6 is 11.3 Å². The van der Waals surface area contributed by atoms with Crippen LogP contribution in [-0.4, -0.2) is 17.2 Å². The van der Waals surface area contributed by atoms with Gasteiger partial charge in [-0.2, -0.15) is 0 Å². The summed E-state index contributed by atoms with van der Waals surface area (Å²) in [5.74, 6) is 0.811. The summed E-state index contributed by atoms with van der Waals surface area (Å²) in [5.41, 5.74) is 1.72. The zero-order valence-corrected chi connectivity index (χ0v) is 9.99. The van der Waals surface area contributed by atoms with Crippen molar-refractivity contribution in [1.29, 1.82) is 0 Å². The standard InChI is InChI=1S/C12H13NO2S/c1-8(14)11-7-16-12(13-11)9-4-3-5-10(6-9)15-2/h3-8,14H,1-2H3. The molecule has 1 aromatic carbocycles. The summed E-state index contributed by atoms with van der Waals surface area (Å²) in [6.07, 6.45) is -0.518. The minimum atomic E-state index is -0.518. The Bertz CT molecular complexity index is 479. The van der Waals surface area contributed by atoms with Gasteiger partial charge in [0.1, 0.15) is 10.8 Å². The van der Waals surface area contributed by atoms with E-state index >= 15 is 0 Å². The van der Waals surface area contributed by atoms with Crippen LogP contribution in [-0.2, 0) is 0 Å². The predicted molar refractivity (Wildman–Crippen MR) is 64.7 cm³/mol. The van der Waals surface area contributed by atoms with Crippen LogP contribution in [0.3, 0.4) is 0 Å². The van der Waals surface area contributed by atoms with Crippen LogP contribution in [0.1, 0.15) is 18.7 Å². The molecule has 2 rings (SSSR count). The second kappa shape index (κ2) is 4.63. The van der Waals surface area contributed by atoms with Crippen molar-refractivity contribution >= 4 is 11.3 Å². The van der Waals surface area contributed by atoms with Crippen LogP contribution in [0.5, 0.6) is 5.75 Å². The first kappa shape index (κ1) is 11.1. The fourth-order valence-corrected chi connectivity index (χ4v) is 2.27. The highest BCUT2D eigenvalue weighted by Crippen LogP contribution is 2.28. The number of hydrogen-bond acceptors (Lipinski definition) is 4. The highest BCUT2D eigenvalue weighted by atomic mass is 32.1. The topological polar surface area (TPSA) is 42.4 Å². The number of nitrogens with zero attached hydrogens (tertiary/aromatic N) is 1. The minimum Gasteiger partial charge on any atom is -0.497 e. The lowest BCUT2D eigenvalue weighted by Crippen LogP contribution is -1.90. The van der Waals surface area contributed by atoms with Gasteiger partial charge in [-0.25, -0.2) is 4.98 Å². The Morgan fingerprint density at radius 3 is 2.88 bits per heavy atom. The molecule has 0 amide bonds. The van der Waals surface area contributed by atoms with Gasteiger partial charge in [-0.1, -0.05) is 12.1 Å². The second-order valence-electron chi connectivity index (χ2n) is 3.49. The van der Waals surface area contributed by atoms with Crippen LogP contribution in [0.4, 0.5) is 0 Å². The monoisotopic (exact) mass is 235 g/mol. The van der Waals surface area contributed by atoms with Crippen molar-refractivity contribution in [3.05, 3.63) is 35.3 Å². The molecule has 1 aromatic heterocycles. The maximum atomic E-state index is 9.40. The number of hydrogen-bond donors (Lipinski definition) is 1. The fraction of sp³-hybridized carbons (Fsp3) is 0.250. The minimum absolute atomic E-state index is 0.518. The van der Waals surface area contributed by atoms with Crippen LogP contribution in [0, 0.1) is 0 Å². The largest absolute Gasteiger partial charge is 0.497 e. The van der Waals surface area contributed by atoms with Gasteiger partial charge in [0.25, 0.3) is 0 Å². The van der Waals surface area contributed by atoms with E-state index in [-0.39, 0.29) is 0 Å². The Morgan fingerprint density at radius 2 is 2.25 bits per heavy atom. The van der Waals surface area contributed by atoms with Crippen LogP contribution < -0.4 is 4.74 Å². The van der Waals surface area contributed by atoms with E-state index in [0.29, 0.717) is 5.69 Å². The summed E-state index contributed by atoms with van der Waals surface area (Å²) in [6, 6.07) is 7.74. The smallest absolute Gasteiger partial charge is 0.123 e. The van der Waals surface area contributed by atoms with Gasteiger partial charge in [-0.05, 0) is 19.1 Å². The summed E-state index contributed by atoms with van der Waals surface area (Å²) in [4.78, 5) is 4.37. The van der Waals surface area contributed by atoms with E-state index in [2.05, 4.69) is 4.98 Å². The molecule has 3 nitrogen and oxygen atoms in total. The first-order valence-electron chi connectivity index (χ1n) is 4.98. The zero-order chi connectivity index (χ0) is 11.5. The van der Waals surface area contributed by atoms with Gasteiger partial charge >= 0.3 is 0 Å². The van der Waals surface area contributed by atoms with E-state index in [1.807, 2.05) is 29.6 Å². The number of benzene rings is 1. The van der Waals surface area contributed by atoms with Crippen LogP contribution in [0.2, 0.25) is 0 Å². The van der Waals surface area contributed by atoms with E-state index in [9.17, 15) is 5.11 Å². The number of aliphatic hydroxyl groups is 1. The maximum absolute atomic E-state index is 9.40. The molecule has 4 heteroatoms. The number of methoxy groups -OCH3 is 1. The van der Waals surface area contributed by atoms with Gasteiger partial charge < -0.3 is 9.84 Å². The van der Waals surface area contributed by atoms with Crippen LogP contribution in [0.15, 0.2) is 29.6 Å². The molecule has 16 heavy (non-hydrogen) atoms. The third-order valence-corrected chi connectivity index (χ3v) is 3.18. The molecule has 0 spiro atoms. The molecule has 1 heterocycles. The molecule has 0 aliphatic carbocycles. The van der Waals surface area contributed by atoms with Crippen molar-refractivity contribution in [3.63, 3.8) is 0 Å². The molecule has 84 valence electrons. The van der Waals surface area contributed by atoms with E-state index in [1.165, 1.54) is 11.3 Å². The SMILES string of the molecule is COc1cccc(-c2nc(C(C)O)cs2)c1. The summed E-state index contributed by atoms with van der Waals surface area (Å²) in [5, 5.41) is 12.2. The molecule has 0 saturated heterocycles. The van der Waals surface area contributed by atoms with Crippen molar-refractivity contribution in [3.8, 4) is 16.3 Å². The Labute approximate surface area is 98.4 Å². The maximum Gasteiger partial charge on any atom is 0.123 e. The van der Waals surface area contributed by atoms with Crippen molar-refractivity contribution < 1.29 is 9.84 Å². The Kier molecular flexibility index (Phi) is 3.22. The Balaban J connectivity index is 2.34. The third-order valence-electron chi connectivity index (χ3n) is 2.27. The second-order valence-corrected chi connectivity index (χ2v) is 4.34. The van der Waals surface area contributed by atoms with Crippen molar-refractivity contribution in [2.75, 3.05) is 7.11 Å². The third kappa shape index (κ3) is 2.23. The zero-order valence-electron chi connectivity index (χ0n) is 9.18. The lowest BCUT2D eigenvalue weighted by atomic mass is 10.2. The van der Waals surface area contributed by atoms with E-state index in [0.717, 1.165) is 16.3 Å². The molecule has 0 saturated carbocycles.